The van der Waals surface area contributed by atoms with Gasteiger partial charge in [0.1, 0.15) is 0 Å². The molecular weight excluding hydrogens is 354 g/mol. The molecule has 144 valence electrons. The van der Waals surface area contributed by atoms with Crippen LogP contribution in [0.5, 0.6) is 0 Å². The molecule has 5 heteroatoms. The number of aromatic nitrogens is 1. The van der Waals surface area contributed by atoms with Gasteiger partial charge >= 0.3 is 0 Å². The minimum atomic E-state index is 0.270. The van der Waals surface area contributed by atoms with Crippen molar-refractivity contribution in [2.24, 2.45) is 10.1 Å². The highest BCUT2D eigenvalue weighted by molar-refractivity contribution is 7.07. The van der Waals surface area contributed by atoms with Crippen molar-refractivity contribution in [2.45, 2.75) is 65.4 Å². The fourth-order valence-electron chi connectivity index (χ4n) is 3.92. The molecule has 0 radical (unpaired) electrons. The van der Waals surface area contributed by atoms with Crippen LogP contribution in [0.3, 0.4) is 0 Å². The molecule has 0 spiro atoms. The standard InChI is InChI=1S/C22H29N3OS/c1-15-11-17(3)20(12-16(15)2)21-14-27-22(23-13-19-9-6-10-26-19)25(21)24-18-7-4-5-8-18/h11-12,14,19H,4-10,13H2,1-3H3/t19-/m0/s1. The van der Waals surface area contributed by atoms with E-state index in [1.807, 2.05) is 0 Å². The molecule has 4 rings (SSSR count). The van der Waals surface area contributed by atoms with Crippen molar-refractivity contribution < 1.29 is 4.74 Å². The van der Waals surface area contributed by atoms with E-state index in [-0.39, 0.29) is 6.10 Å². The fourth-order valence-corrected chi connectivity index (χ4v) is 4.75. The first-order chi connectivity index (χ1) is 13.1. The number of benzene rings is 1. The Morgan fingerprint density at radius 1 is 1.07 bits per heavy atom. The zero-order valence-electron chi connectivity index (χ0n) is 16.6. The average Bonchev–Trinajstić information content (AvgIpc) is 3.40. The van der Waals surface area contributed by atoms with E-state index >= 15 is 0 Å². The van der Waals surface area contributed by atoms with Gasteiger partial charge in [-0.15, -0.1) is 11.3 Å². The summed E-state index contributed by atoms with van der Waals surface area (Å²) in [6, 6.07) is 4.57. The molecule has 0 amide bonds. The SMILES string of the molecule is Cc1cc(C)c(-c2csc(=NC[C@@H]3CCCO3)n2N=C2CCCC2)cc1C. The topological polar surface area (TPSA) is 38.9 Å². The van der Waals surface area contributed by atoms with Crippen molar-refractivity contribution in [2.75, 3.05) is 13.2 Å². The Morgan fingerprint density at radius 3 is 2.59 bits per heavy atom. The number of nitrogens with zero attached hydrogens (tertiary/aromatic N) is 3. The van der Waals surface area contributed by atoms with Gasteiger partial charge in [-0.05, 0) is 82.1 Å². The predicted octanol–water partition coefficient (Wildman–Crippen LogP) is 5.00. The molecule has 1 aliphatic heterocycles. The number of hydrogen-bond donors (Lipinski definition) is 0. The molecular formula is C22H29N3OS. The Hall–Kier alpha value is -1.72. The summed E-state index contributed by atoms with van der Waals surface area (Å²) in [6.07, 6.45) is 7.27. The summed E-state index contributed by atoms with van der Waals surface area (Å²) < 4.78 is 7.85. The molecule has 0 bridgehead atoms. The molecule has 2 aromatic rings. The summed E-state index contributed by atoms with van der Waals surface area (Å²) in [5.41, 5.74) is 7.67. The van der Waals surface area contributed by atoms with Gasteiger partial charge in [-0.2, -0.15) is 5.10 Å². The van der Waals surface area contributed by atoms with Gasteiger partial charge in [0.15, 0.2) is 0 Å². The van der Waals surface area contributed by atoms with Crippen LogP contribution in [-0.2, 0) is 4.74 Å². The maximum absolute atomic E-state index is 5.75. The third-order valence-electron chi connectivity index (χ3n) is 5.68. The Balaban J connectivity index is 1.78. The third kappa shape index (κ3) is 4.09. The first-order valence-electron chi connectivity index (χ1n) is 10.1. The first kappa shape index (κ1) is 18.6. The minimum absolute atomic E-state index is 0.270. The second-order valence-electron chi connectivity index (χ2n) is 7.82. The third-order valence-corrected chi connectivity index (χ3v) is 6.53. The molecule has 2 aliphatic rings. The molecule has 27 heavy (non-hydrogen) atoms. The molecule has 2 heterocycles. The highest BCUT2D eigenvalue weighted by Gasteiger charge is 2.17. The Labute approximate surface area is 165 Å². The van der Waals surface area contributed by atoms with E-state index in [9.17, 15) is 0 Å². The normalized spacial score (nSPS) is 20.6. The Morgan fingerprint density at radius 2 is 1.85 bits per heavy atom. The van der Waals surface area contributed by atoms with Gasteiger partial charge in [-0.1, -0.05) is 6.07 Å². The molecule has 0 unspecified atom stereocenters. The number of thiazole rings is 1. The summed E-state index contributed by atoms with van der Waals surface area (Å²) in [4.78, 5) is 5.88. The summed E-state index contributed by atoms with van der Waals surface area (Å²) in [6.45, 7) is 8.15. The van der Waals surface area contributed by atoms with Crippen molar-refractivity contribution >= 4 is 17.0 Å². The lowest BCUT2D eigenvalue weighted by Gasteiger charge is -2.11. The average molecular weight is 384 g/mol. The predicted molar refractivity (Wildman–Crippen MR) is 113 cm³/mol. The van der Waals surface area contributed by atoms with Gasteiger partial charge in [0, 0.05) is 23.3 Å². The maximum Gasteiger partial charge on any atom is 0.206 e. The van der Waals surface area contributed by atoms with Crippen LogP contribution in [0.25, 0.3) is 11.3 Å². The zero-order valence-corrected chi connectivity index (χ0v) is 17.4. The largest absolute Gasteiger partial charge is 0.376 e. The molecule has 2 fully saturated rings. The van der Waals surface area contributed by atoms with Crippen molar-refractivity contribution in [1.82, 2.24) is 4.68 Å². The van der Waals surface area contributed by atoms with Gasteiger partial charge in [0.2, 0.25) is 4.80 Å². The summed E-state index contributed by atoms with van der Waals surface area (Å²) in [5.74, 6) is 0. The molecule has 1 atom stereocenters. The van der Waals surface area contributed by atoms with E-state index in [1.165, 1.54) is 40.8 Å². The van der Waals surface area contributed by atoms with Crippen molar-refractivity contribution in [3.63, 3.8) is 0 Å². The van der Waals surface area contributed by atoms with Crippen LogP contribution in [0, 0.1) is 20.8 Å². The maximum atomic E-state index is 5.75. The van der Waals surface area contributed by atoms with Gasteiger partial charge < -0.3 is 4.74 Å². The first-order valence-corrected chi connectivity index (χ1v) is 11.0. The molecule has 1 saturated heterocycles. The van der Waals surface area contributed by atoms with E-state index in [0.29, 0.717) is 0 Å². The van der Waals surface area contributed by atoms with Gasteiger partial charge in [-0.3, -0.25) is 4.99 Å². The van der Waals surface area contributed by atoms with Crippen LogP contribution in [0.2, 0.25) is 0 Å². The van der Waals surface area contributed by atoms with Crippen LogP contribution in [-0.4, -0.2) is 29.6 Å². The molecule has 1 aromatic heterocycles. The van der Waals surface area contributed by atoms with E-state index < -0.39 is 0 Å². The van der Waals surface area contributed by atoms with E-state index in [1.54, 1.807) is 11.3 Å². The molecule has 1 aromatic carbocycles. The minimum Gasteiger partial charge on any atom is -0.376 e. The van der Waals surface area contributed by atoms with E-state index in [4.69, 9.17) is 14.8 Å². The second kappa shape index (κ2) is 8.11. The zero-order chi connectivity index (χ0) is 18.8. The van der Waals surface area contributed by atoms with Crippen LogP contribution in [0.1, 0.15) is 55.2 Å². The second-order valence-corrected chi connectivity index (χ2v) is 8.65. The molecule has 1 saturated carbocycles. The number of ether oxygens (including phenoxy) is 1. The fraction of sp³-hybridized carbons (Fsp3) is 0.545. The van der Waals surface area contributed by atoms with Crippen LogP contribution in [0.15, 0.2) is 27.6 Å². The molecule has 0 N–H and O–H groups in total. The highest BCUT2D eigenvalue weighted by atomic mass is 32.1. The summed E-state index contributed by atoms with van der Waals surface area (Å²) in [5, 5.41) is 7.25. The van der Waals surface area contributed by atoms with E-state index in [2.05, 4.69) is 43.0 Å². The van der Waals surface area contributed by atoms with Crippen LogP contribution >= 0.6 is 11.3 Å². The van der Waals surface area contributed by atoms with Gasteiger partial charge in [0.05, 0.1) is 18.3 Å². The Kier molecular flexibility index (Phi) is 5.60. The van der Waals surface area contributed by atoms with Crippen LogP contribution in [0.4, 0.5) is 0 Å². The number of hydrogen-bond acceptors (Lipinski definition) is 4. The van der Waals surface area contributed by atoms with Crippen molar-refractivity contribution in [1.29, 1.82) is 0 Å². The highest BCUT2D eigenvalue weighted by Crippen LogP contribution is 2.28. The lowest BCUT2D eigenvalue weighted by atomic mass is 9.99. The number of rotatable bonds is 4. The quantitative estimate of drug-likeness (QED) is 0.732. The molecule has 1 aliphatic carbocycles. The van der Waals surface area contributed by atoms with Gasteiger partial charge in [-0.25, -0.2) is 4.68 Å². The Bertz CT molecular complexity index is 908. The van der Waals surface area contributed by atoms with E-state index in [0.717, 1.165) is 49.3 Å². The summed E-state index contributed by atoms with van der Waals surface area (Å²) >= 11 is 1.69. The van der Waals surface area contributed by atoms with Crippen molar-refractivity contribution in [3.05, 3.63) is 39.0 Å². The van der Waals surface area contributed by atoms with Crippen LogP contribution < -0.4 is 4.80 Å². The number of aryl methyl sites for hydroxylation is 3. The lowest BCUT2D eigenvalue weighted by molar-refractivity contribution is 0.117. The van der Waals surface area contributed by atoms with Gasteiger partial charge in [0.25, 0.3) is 0 Å². The van der Waals surface area contributed by atoms with Crippen molar-refractivity contribution in [3.8, 4) is 11.3 Å². The smallest absolute Gasteiger partial charge is 0.206 e. The molecule has 4 nitrogen and oxygen atoms in total. The lowest BCUT2D eigenvalue weighted by Crippen LogP contribution is -2.18. The monoisotopic (exact) mass is 383 g/mol. The summed E-state index contributed by atoms with van der Waals surface area (Å²) in [7, 11) is 0.